The first-order chi connectivity index (χ1) is 13.0. The topological polar surface area (TPSA) is 208 Å². The fourth-order valence-electron chi connectivity index (χ4n) is 1.33. The Hall–Kier alpha value is -2.28. The molecule has 0 rings (SSSR count). The van der Waals surface area contributed by atoms with Gasteiger partial charge in [-0.15, -0.1) is 0 Å². The molecule has 28 heavy (non-hydrogen) atoms. The molecule has 164 valence electrons. The average molecular weight is 412 g/mol. The minimum absolute atomic E-state index is 0.157. The van der Waals surface area contributed by atoms with Gasteiger partial charge in [0.2, 0.25) is 0 Å². The number of ether oxygens (including phenoxy) is 2. The Labute approximate surface area is 161 Å². The minimum atomic E-state index is -2.27. The third-order valence-corrected chi connectivity index (χ3v) is 3.07. The molecule has 0 radical (unpaired) electrons. The standard InChI is InChI=1S/C12H22O6.C4H6O6/c1-3-5-7-17-11(15)9(13)10(14)12(16)18-8-6-4-2;5-1(3(7)8)2(6)4(9)10/h9-10,13-14H,3-8H2,1-2H3;1-2,5-6H,(H,7,8)(H,9,10). The maximum atomic E-state index is 11.3. The quantitative estimate of drug-likeness (QED) is 0.156. The third kappa shape index (κ3) is 12.2. The number of carboxylic acid groups (broad SMARTS) is 2. The zero-order valence-corrected chi connectivity index (χ0v) is 15.7. The summed E-state index contributed by atoms with van der Waals surface area (Å²) in [7, 11) is 0. The van der Waals surface area contributed by atoms with Crippen LogP contribution < -0.4 is 0 Å². The van der Waals surface area contributed by atoms with Gasteiger partial charge in [0.05, 0.1) is 13.2 Å². The highest BCUT2D eigenvalue weighted by molar-refractivity contribution is 5.85. The molecular formula is C16H28O12. The number of aliphatic hydroxyl groups is 4. The Balaban J connectivity index is 0. The van der Waals surface area contributed by atoms with E-state index in [-0.39, 0.29) is 13.2 Å². The molecule has 0 bridgehead atoms. The lowest BCUT2D eigenvalue weighted by molar-refractivity contribution is -0.173. The molecule has 0 aliphatic carbocycles. The van der Waals surface area contributed by atoms with E-state index in [1.54, 1.807) is 0 Å². The van der Waals surface area contributed by atoms with Gasteiger partial charge in [0.1, 0.15) is 0 Å². The van der Waals surface area contributed by atoms with E-state index >= 15 is 0 Å². The Morgan fingerprint density at radius 2 is 0.929 bits per heavy atom. The minimum Gasteiger partial charge on any atom is -0.479 e. The highest BCUT2D eigenvalue weighted by Gasteiger charge is 2.32. The van der Waals surface area contributed by atoms with Crippen molar-refractivity contribution < 1.29 is 59.3 Å². The largest absolute Gasteiger partial charge is 0.479 e. The average Bonchev–Trinajstić information content (AvgIpc) is 2.65. The van der Waals surface area contributed by atoms with Gasteiger partial charge in [-0.3, -0.25) is 0 Å². The molecule has 6 N–H and O–H groups in total. The van der Waals surface area contributed by atoms with Crippen LogP contribution in [0.1, 0.15) is 39.5 Å². The van der Waals surface area contributed by atoms with Crippen molar-refractivity contribution in [3.63, 3.8) is 0 Å². The highest BCUT2D eigenvalue weighted by atomic mass is 16.6. The van der Waals surface area contributed by atoms with Crippen LogP contribution in [0.4, 0.5) is 0 Å². The van der Waals surface area contributed by atoms with Crippen molar-refractivity contribution in [1.82, 2.24) is 0 Å². The van der Waals surface area contributed by atoms with Crippen LogP contribution in [0.2, 0.25) is 0 Å². The molecule has 4 atom stereocenters. The number of hydrogen-bond acceptors (Lipinski definition) is 10. The van der Waals surface area contributed by atoms with Crippen LogP contribution in [0, 0.1) is 0 Å². The van der Waals surface area contributed by atoms with Crippen molar-refractivity contribution in [1.29, 1.82) is 0 Å². The zero-order chi connectivity index (χ0) is 22.3. The Bertz CT molecular complexity index is 448. The maximum absolute atomic E-state index is 11.3. The van der Waals surface area contributed by atoms with E-state index < -0.39 is 48.3 Å². The summed E-state index contributed by atoms with van der Waals surface area (Å²) in [5.41, 5.74) is 0. The SMILES string of the molecule is CCCCOC(=O)C(O)C(O)C(=O)OCCCC.O=C(O)C(O)C(O)C(=O)O. The molecule has 0 aliphatic rings. The van der Waals surface area contributed by atoms with Gasteiger partial charge in [-0.1, -0.05) is 26.7 Å². The summed E-state index contributed by atoms with van der Waals surface area (Å²) in [5, 5.41) is 51.3. The normalized spacial score (nSPS) is 14.5. The number of rotatable bonds is 12. The summed E-state index contributed by atoms with van der Waals surface area (Å²) in [6.07, 6.45) is -5.32. The molecule has 0 aromatic heterocycles. The van der Waals surface area contributed by atoms with Gasteiger partial charge in [0.25, 0.3) is 0 Å². The molecule has 0 aromatic carbocycles. The number of aliphatic carboxylic acids is 2. The predicted molar refractivity (Wildman–Crippen MR) is 91.0 cm³/mol. The summed E-state index contributed by atoms with van der Waals surface area (Å²) in [5.74, 6) is -5.56. The van der Waals surface area contributed by atoms with E-state index in [9.17, 15) is 29.4 Å². The number of unbranched alkanes of at least 4 members (excludes halogenated alkanes) is 2. The first-order valence-electron chi connectivity index (χ1n) is 8.52. The summed E-state index contributed by atoms with van der Waals surface area (Å²) in [4.78, 5) is 42.1. The smallest absolute Gasteiger partial charge is 0.338 e. The van der Waals surface area contributed by atoms with Crippen molar-refractivity contribution in [3.05, 3.63) is 0 Å². The van der Waals surface area contributed by atoms with Crippen LogP contribution >= 0.6 is 0 Å². The fraction of sp³-hybridized carbons (Fsp3) is 0.750. The van der Waals surface area contributed by atoms with Crippen LogP contribution in [0.25, 0.3) is 0 Å². The van der Waals surface area contributed by atoms with Crippen LogP contribution in [-0.4, -0.2) is 92.1 Å². The molecule has 4 unspecified atom stereocenters. The monoisotopic (exact) mass is 412 g/mol. The fourth-order valence-corrected chi connectivity index (χ4v) is 1.33. The second-order valence-electron chi connectivity index (χ2n) is 5.50. The summed E-state index contributed by atoms with van der Waals surface area (Å²) >= 11 is 0. The van der Waals surface area contributed by atoms with Gasteiger partial charge < -0.3 is 40.1 Å². The van der Waals surface area contributed by atoms with Crippen molar-refractivity contribution in [3.8, 4) is 0 Å². The van der Waals surface area contributed by atoms with E-state index in [2.05, 4.69) is 9.47 Å². The van der Waals surface area contributed by atoms with Gasteiger partial charge in [0, 0.05) is 0 Å². The predicted octanol–water partition coefficient (Wildman–Crippen LogP) is -1.73. The molecule has 0 amide bonds. The second-order valence-corrected chi connectivity index (χ2v) is 5.50. The molecule has 0 saturated heterocycles. The molecule has 0 aromatic rings. The van der Waals surface area contributed by atoms with Gasteiger partial charge in [0.15, 0.2) is 24.4 Å². The van der Waals surface area contributed by atoms with E-state index in [1.165, 1.54) is 0 Å². The Morgan fingerprint density at radius 3 is 1.14 bits per heavy atom. The molecule has 0 spiro atoms. The Kier molecular flexibility index (Phi) is 15.7. The molecule has 0 aliphatic heterocycles. The lowest BCUT2D eigenvalue weighted by Gasteiger charge is -2.15. The Morgan fingerprint density at radius 1 is 0.643 bits per heavy atom. The molecular weight excluding hydrogens is 384 g/mol. The van der Waals surface area contributed by atoms with Gasteiger partial charge in [-0.2, -0.15) is 0 Å². The molecule has 0 saturated carbocycles. The summed E-state index contributed by atoms with van der Waals surface area (Å²) < 4.78 is 9.37. The van der Waals surface area contributed by atoms with Crippen molar-refractivity contribution in [2.75, 3.05) is 13.2 Å². The number of hydrogen-bond donors (Lipinski definition) is 6. The zero-order valence-electron chi connectivity index (χ0n) is 15.7. The first-order valence-corrected chi connectivity index (χ1v) is 8.52. The highest BCUT2D eigenvalue weighted by Crippen LogP contribution is 2.02. The number of carbonyl (C=O) groups is 4. The second kappa shape index (κ2) is 15.7. The van der Waals surface area contributed by atoms with Crippen LogP contribution in [-0.2, 0) is 28.7 Å². The summed E-state index contributed by atoms with van der Waals surface area (Å²) in [6, 6.07) is 0. The van der Waals surface area contributed by atoms with Gasteiger partial charge >= 0.3 is 23.9 Å². The van der Waals surface area contributed by atoms with E-state index in [4.69, 9.17) is 20.4 Å². The van der Waals surface area contributed by atoms with E-state index in [1.807, 2.05) is 13.8 Å². The molecule has 12 heteroatoms. The van der Waals surface area contributed by atoms with Crippen LogP contribution in [0.5, 0.6) is 0 Å². The van der Waals surface area contributed by atoms with Gasteiger partial charge in [-0.05, 0) is 12.8 Å². The third-order valence-electron chi connectivity index (χ3n) is 3.07. The maximum Gasteiger partial charge on any atom is 0.338 e. The molecule has 12 nitrogen and oxygen atoms in total. The van der Waals surface area contributed by atoms with Crippen LogP contribution in [0.15, 0.2) is 0 Å². The van der Waals surface area contributed by atoms with Crippen molar-refractivity contribution in [2.45, 2.75) is 63.9 Å². The first kappa shape index (κ1) is 27.9. The number of carbonyl (C=O) groups excluding carboxylic acids is 2. The number of carboxylic acids is 2. The number of esters is 2. The van der Waals surface area contributed by atoms with Gasteiger partial charge in [-0.25, -0.2) is 19.2 Å². The lowest BCUT2D eigenvalue weighted by atomic mass is 10.2. The summed E-state index contributed by atoms with van der Waals surface area (Å²) in [6.45, 7) is 4.16. The van der Waals surface area contributed by atoms with E-state index in [0.29, 0.717) is 12.8 Å². The lowest BCUT2D eigenvalue weighted by Crippen LogP contribution is -2.41. The van der Waals surface area contributed by atoms with Crippen LogP contribution in [0.3, 0.4) is 0 Å². The van der Waals surface area contributed by atoms with Crippen molar-refractivity contribution >= 4 is 23.9 Å². The van der Waals surface area contributed by atoms with Crippen molar-refractivity contribution in [2.24, 2.45) is 0 Å². The number of aliphatic hydroxyl groups excluding tert-OH is 4. The molecule has 0 heterocycles. The molecule has 0 fully saturated rings. The van der Waals surface area contributed by atoms with E-state index in [0.717, 1.165) is 12.8 Å².